The normalized spacial score (nSPS) is 32.3. The van der Waals surface area contributed by atoms with Crippen LogP contribution in [0.5, 0.6) is 0 Å². The van der Waals surface area contributed by atoms with Crippen molar-refractivity contribution in [3.63, 3.8) is 0 Å². The van der Waals surface area contributed by atoms with E-state index in [0.29, 0.717) is 11.8 Å². The highest BCUT2D eigenvalue weighted by molar-refractivity contribution is 5.74. The molecule has 18 heavy (non-hydrogen) atoms. The first kappa shape index (κ1) is 13.5. The van der Waals surface area contributed by atoms with Crippen LogP contribution in [0.25, 0.3) is 0 Å². The van der Waals surface area contributed by atoms with E-state index in [4.69, 9.17) is 0 Å². The molecule has 2 fully saturated rings. The van der Waals surface area contributed by atoms with Gasteiger partial charge in [-0.1, -0.05) is 6.42 Å². The lowest BCUT2D eigenvalue weighted by Crippen LogP contribution is -2.47. The smallest absolute Gasteiger partial charge is 0.335 e. The van der Waals surface area contributed by atoms with Crippen molar-refractivity contribution in [1.29, 1.82) is 0 Å². The molecule has 0 saturated heterocycles. The number of alkyl halides is 3. The topological polar surface area (TPSA) is 41.1 Å². The zero-order valence-corrected chi connectivity index (χ0v) is 10.4. The second-order valence-electron chi connectivity index (χ2n) is 5.57. The number of carbonyl (C=O) groups is 1. The lowest BCUT2D eigenvalue weighted by Gasteiger charge is -2.28. The van der Waals surface area contributed by atoms with E-state index >= 15 is 0 Å². The molecule has 6 heteroatoms. The Morgan fingerprint density at radius 3 is 2.56 bits per heavy atom. The Kier molecular flexibility index (Phi) is 3.73. The fourth-order valence-corrected chi connectivity index (χ4v) is 3.45. The van der Waals surface area contributed by atoms with Crippen molar-refractivity contribution in [1.82, 2.24) is 10.6 Å². The summed E-state index contributed by atoms with van der Waals surface area (Å²) in [6.45, 7) is 0.612. The average Bonchev–Trinajstić information content (AvgIpc) is 2.87. The molecule has 2 saturated carbocycles. The van der Waals surface area contributed by atoms with Crippen molar-refractivity contribution in [2.24, 2.45) is 17.8 Å². The SMILES string of the molecule is CC(NC(=O)NCC(F)(F)F)C1CC2CCC1C2. The van der Waals surface area contributed by atoms with Crippen molar-refractivity contribution >= 4 is 6.03 Å². The van der Waals surface area contributed by atoms with Crippen LogP contribution in [-0.4, -0.2) is 24.8 Å². The van der Waals surface area contributed by atoms with E-state index in [0.717, 1.165) is 12.3 Å². The van der Waals surface area contributed by atoms with Gasteiger partial charge >= 0.3 is 12.2 Å². The molecule has 0 aliphatic heterocycles. The second-order valence-corrected chi connectivity index (χ2v) is 5.57. The number of hydrogen-bond acceptors (Lipinski definition) is 1. The van der Waals surface area contributed by atoms with Crippen LogP contribution >= 0.6 is 0 Å². The van der Waals surface area contributed by atoms with Crippen molar-refractivity contribution < 1.29 is 18.0 Å². The number of fused-ring (bicyclic) bond motifs is 2. The molecule has 104 valence electrons. The maximum Gasteiger partial charge on any atom is 0.405 e. The van der Waals surface area contributed by atoms with Gasteiger partial charge in [-0.2, -0.15) is 13.2 Å². The summed E-state index contributed by atoms with van der Waals surface area (Å²) in [4.78, 5) is 11.3. The van der Waals surface area contributed by atoms with Crippen LogP contribution in [0, 0.1) is 17.8 Å². The lowest BCUT2D eigenvalue weighted by atomic mass is 9.84. The standard InChI is InChI=1S/C12H19F3N2O/c1-7(10-5-8-2-3-9(10)4-8)17-11(18)16-6-12(13,14)15/h7-10H,2-6H2,1H3,(H2,16,17,18). The van der Waals surface area contributed by atoms with Gasteiger partial charge in [-0.15, -0.1) is 0 Å². The Balaban J connectivity index is 1.74. The summed E-state index contributed by atoms with van der Waals surface area (Å²) in [7, 11) is 0. The number of nitrogens with one attached hydrogen (secondary N) is 2. The number of rotatable bonds is 3. The van der Waals surface area contributed by atoms with Gasteiger partial charge in [0.25, 0.3) is 0 Å². The summed E-state index contributed by atoms with van der Waals surface area (Å²) >= 11 is 0. The molecule has 2 N–H and O–H groups in total. The fraction of sp³-hybridized carbons (Fsp3) is 0.917. The summed E-state index contributed by atoms with van der Waals surface area (Å²) in [6.07, 6.45) is 0.443. The Labute approximate surface area is 104 Å². The molecule has 4 unspecified atom stereocenters. The van der Waals surface area contributed by atoms with E-state index in [1.165, 1.54) is 19.3 Å². The van der Waals surface area contributed by atoms with Gasteiger partial charge in [-0.25, -0.2) is 4.79 Å². The summed E-state index contributed by atoms with van der Waals surface area (Å²) < 4.78 is 35.8. The molecule has 4 atom stereocenters. The molecule has 0 spiro atoms. The van der Waals surface area contributed by atoms with E-state index in [1.54, 1.807) is 0 Å². The van der Waals surface area contributed by atoms with E-state index < -0.39 is 18.8 Å². The number of carbonyl (C=O) groups excluding carboxylic acids is 1. The molecule has 0 aromatic heterocycles. The Morgan fingerprint density at radius 1 is 1.33 bits per heavy atom. The highest BCUT2D eigenvalue weighted by Crippen LogP contribution is 2.49. The van der Waals surface area contributed by atoms with E-state index in [9.17, 15) is 18.0 Å². The summed E-state index contributed by atoms with van der Waals surface area (Å²) in [5, 5.41) is 4.48. The third kappa shape index (κ3) is 3.29. The van der Waals surface area contributed by atoms with Crippen LogP contribution in [0.2, 0.25) is 0 Å². The van der Waals surface area contributed by atoms with Gasteiger partial charge in [-0.3, -0.25) is 0 Å². The summed E-state index contributed by atoms with van der Waals surface area (Å²) in [5.41, 5.74) is 0. The van der Waals surface area contributed by atoms with Gasteiger partial charge in [0.2, 0.25) is 0 Å². The summed E-state index contributed by atoms with van der Waals surface area (Å²) in [5.74, 6) is 1.84. The van der Waals surface area contributed by atoms with Crippen LogP contribution in [0.15, 0.2) is 0 Å². The first-order chi connectivity index (χ1) is 8.35. The zero-order valence-electron chi connectivity index (χ0n) is 10.4. The summed E-state index contributed by atoms with van der Waals surface area (Å²) in [6, 6.07) is -0.767. The first-order valence-electron chi connectivity index (χ1n) is 6.46. The Morgan fingerprint density at radius 2 is 2.06 bits per heavy atom. The minimum Gasteiger partial charge on any atom is -0.335 e. The molecule has 2 aliphatic rings. The van der Waals surface area contributed by atoms with Crippen LogP contribution in [0.4, 0.5) is 18.0 Å². The molecular weight excluding hydrogens is 245 g/mol. The number of amides is 2. The van der Waals surface area contributed by atoms with Crippen molar-refractivity contribution in [2.45, 2.75) is 44.8 Å². The quantitative estimate of drug-likeness (QED) is 0.808. The van der Waals surface area contributed by atoms with E-state index in [-0.39, 0.29) is 6.04 Å². The zero-order chi connectivity index (χ0) is 13.3. The maximum atomic E-state index is 11.9. The third-order valence-corrected chi connectivity index (χ3v) is 4.24. The van der Waals surface area contributed by atoms with Gasteiger partial charge in [0.05, 0.1) is 0 Å². The van der Waals surface area contributed by atoms with Crippen LogP contribution in [0.1, 0.15) is 32.6 Å². The monoisotopic (exact) mass is 264 g/mol. The van der Waals surface area contributed by atoms with Gasteiger partial charge in [0.1, 0.15) is 6.54 Å². The van der Waals surface area contributed by atoms with Crippen molar-refractivity contribution in [3.8, 4) is 0 Å². The predicted octanol–water partition coefficient (Wildman–Crippen LogP) is 2.67. The number of hydrogen-bond donors (Lipinski definition) is 2. The van der Waals surface area contributed by atoms with Crippen LogP contribution in [0.3, 0.4) is 0 Å². The lowest BCUT2D eigenvalue weighted by molar-refractivity contribution is -0.122. The molecule has 0 radical (unpaired) electrons. The van der Waals surface area contributed by atoms with Gasteiger partial charge < -0.3 is 10.6 Å². The third-order valence-electron chi connectivity index (χ3n) is 4.24. The average molecular weight is 264 g/mol. The van der Waals surface area contributed by atoms with Gasteiger partial charge in [0.15, 0.2) is 0 Å². The second kappa shape index (κ2) is 4.97. The van der Waals surface area contributed by atoms with Crippen molar-refractivity contribution in [2.75, 3.05) is 6.54 Å². The Hall–Kier alpha value is -0.940. The van der Waals surface area contributed by atoms with Gasteiger partial charge in [-0.05, 0) is 43.9 Å². The molecule has 2 aliphatic carbocycles. The van der Waals surface area contributed by atoms with E-state index in [2.05, 4.69) is 5.32 Å². The first-order valence-corrected chi connectivity index (χ1v) is 6.46. The minimum absolute atomic E-state index is 0.0477. The largest absolute Gasteiger partial charge is 0.405 e. The maximum absolute atomic E-state index is 11.9. The van der Waals surface area contributed by atoms with E-state index in [1.807, 2.05) is 12.2 Å². The highest BCUT2D eigenvalue weighted by atomic mass is 19.4. The molecule has 0 heterocycles. The molecule has 3 nitrogen and oxygen atoms in total. The number of halogens is 3. The van der Waals surface area contributed by atoms with Crippen LogP contribution < -0.4 is 10.6 Å². The molecule has 2 bridgehead atoms. The van der Waals surface area contributed by atoms with Crippen LogP contribution in [-0.2, 0) is 0 Å². The molecule has 0 aromatic carbocycles. The molecule has 0 aromatic rings. The highest BCUT2D eigenvalue weighted by Gasteiger charge is 2.42. The van der Waals surface area contributed by atoms with Gasteiger partial charge in [0, 0.05) is 6.04 Å². The fourth-order valence-electron chi connectivity index (χ4n) is 3.45. The van der Waals surface area contributed by atoms with Crippen molar-refractivity contribution in [3.05, 3.63) is 0 Å². The number of urea groups is 1. The molecule has 2 rings (SSSR count). The predicted molar refractivity (Wildman–Crippen MR) is 61.0 cm³/mol. The minimum atomic E-state index is -4.35. The molecular formula is C12H19F3N2O. The Bertz CT molecular complexity index is 319. The molecule has 2 amide bonds.